The lowest BCUT2D eigenvalue weighted by atomic mass is 10.0. The second kappa shape index (κ2) is 4.44. The van der Waals surface area contributed by atoms with E-state index in [1.54, 1.807) is 31.2 Å². The number of carbonyl (C=O) groups excluding carboxylic acids is 1. The third kappa shape index (κ3) is 3.71. The Morgan fingerprint density at radius 1 is 1.27 bits per heavy atom. The number of amides is 1. The Kier molecular flexibility index (Phi) is 3.47. The highest BCUT2D eigenvalue weighted by Gasteiger charge is 2.17. The monoisotopic (exact) mass is 227 g/mol. The first kappa shape index (κ1) is 11.7. The standard InChI is InChI=1S/C10H13NO3S/c1-8(9-6-4-3-5-7-9)10(12)11-15(2,13)14/h3-8H,1-2H3,(H,11,12)/t8-/m1/s1. The Morgan fingerprint density at radius 2 is 1.80 bits per heavy atom. The second-order valence-electron chi connectivity index (χ2n) is 3.37. The zero-order valence-corrected chi connectivity index (χ0v) is 9.41. The fourth-order valence-corrected chi connectivity index (χ4v) is 1.71. The van der Waals surface area contributed by atoms with E-state index in [4.69, 9.17) is 0 Å². The maximum atomic E-state index is 11.5. The molecule has 0 fully saturated rings. The lowest BCUT2D eigenvalue weighted by Crippen LogP contribution is -2.32. The summed E-state index contributed by atoms with van der Waals surface area (Å²) >= 11 is 0. The summed E-state index contributed by atoms with van der Waals surface area (Å²) in [6, 6.07) is 9.02. The van der Waals surface area contributed by atoms with Crippen LogP contribution in [0.3, 0.4) is 0 Å². The molecule has 4 nitrogen and oxygen atoms in total. The number of hydrogen-bond acceptors (Lipinski definition) is 3. The lowest BCUT2D eigenvalue weighted by Gasteiger charge is -2.10. The normalized spacial score (nSPS) is 13.2. The first-order valence-electron chi connectivity index (χ1n) is 4.47. The van der Waals surface area contributed by atoms with Crippen molar-refractivity contribution in [3.8, 4) is 0 Å². The van der Waals surface area contributed by atoms with Gasteiger partial charge in [0.25, 0.3) is 0 Å². The third-order valence-electron chi connectivity index (χ3n) is 1.98. The Morgan fingerprint density at radius 3 is 2.27 bits per heavy atom. The highest BCUT2D eigenvalue weighted by atomic mass is 32.2. The van der Waals surface area contributed by atoms with E-state index in [1.165, 1.54) is 0 Å². The fourth-order valence-electron chi connectivity index (χ4n) is 1.16. The molecule has 15 heavy (non-hydrogen) atoms. The average Bonchev–Trinajstić information content (AvgIpc) is 2.15. The van der Waals surface area contributed by atoms with Gasteiger partial charge in [0, 0.05) is 0 Å². The smallest absolute Gasteiger partial charge is 0.240 e. The third-order valence-corrected chi connectivity index (χ3v) is 2.55. The van der Waals surface area contributed by atoms with Crippen molar-refractivity contribution < 1.29 is 13.2 Å². The minimum absolute atomic E-state index is 0.471. The number of sulfonamides is 1. The molecule has 0 aliphatic heterocycles. The molecule has 1 rings (SSSR count). The maximum Gasteiger partial charge on any atom is 0.240 e. The predicted molar refractivity (Wildman–Crippen MR) is 57.8 cm³/mol. The SMILES string of the molecule is C[C@@H](C(=O)NS(C)(=O)=O)c1ccccc1. The van der Waals surface area contributed by atoms with Crippen molar-refractivity contribution in [2.75, 3.05) is 6.26 Å². The van der Waals surface area contributed by atoms with E-state index in [0.717, 1.165) is 11.8 Å². The topological polar surface area (TPSA) is 63.2 Å². The Bertz CT molecular complexity index is 439. The van der Waals surface area contributed by atoms with E-state index in [9.17, 15) is 13.2 Å². The Hall–Kier alpha value is -1.36. The van der Waals surface area contributed by atoms with Gasteiger partial charge in [-0.3, -0.25) is 9.52 Å². The molecule has 0 bridgehead atoms. The number of rotatable bonds is 3. The fraction of sp³-hybridized carbons (Fsp3) is 0.300. The van der Waals surface area contributed by atoms with Gasteiger partial charge in [-0.2, -0.15) is 0 Å². The molecule has 1 aromatic carbocycles. The van der Waals surface area contributed by atoms with Gasteiger partial charge in [0.15, 0.2) is 0 Å². The lowest BCUT2D eigenvalue weighted by molar-refractivity contribution is -0.120. The van der Waals surface area contributed by atoms with Crippen LogP contribution in [0.25, 0.3) is 0 Å². The van der Waals surface area contributed by atoms with Gasteiger partial charge < -0.3 is 0 Å². The number of hydrogen-bond donors (Lipinski definition) is 1. The van der Waals surface area contributed by atoms with Gasteiger partial charge >= 0.3 is 0 Å². The minimum Gasteiger partial charge on any atom is -0.273 e. The summed E-state index contributed by atoms with van der Waals surface area (Å²) in [6.07, 6.45) is 0.961. The van der Waals surface area contributed by atoms with E-state index >= 15 is 0 Å². The Balaban J connectivity index is 2.78. The van der Waals surface area contributed by atoms with Crippen LogP contribution in [0, 0.1) is 0 Å². The summed E-state index contributed by atoms with van der Waals surface area (Å²) in [5.41, 5.74) is 0.790. The van der Waals surface area contributed by atoms with Gasteiger partial charge in [0.2, 0.25) is 15.9 Å². The molecule has 1 N–H and O–H groups in total. The van der Waals surface area contributed by atoms with Crippen LogP contribution in [-0.4, -0.2) is 20.6 Å². The molecule has 0 aromatic heterocycles. The van der Waals surface area contributed by atoms with E-state index in [2.05, 4.69) is 0 Å². The zero-order chi connectivity index (χ0) is 11.5. The summed E-state index contributed by atoms with van der Waals surface area (Å²) < 4.78 is 23.6. The maximum absolute atomic E-state index is 11.5. The van der Waals surface area contributed by atoms with Crippen molar-refractivity contribution in [2.24, 2.45) is 0 Å². The first-order valence-corrected chi connectivity index (χ1v) is 6.36. The molecule has 0 saturated heterocycles. The van der Waals surface area contributed by atoms with Gasteiger partial charge in [-0.05, 0) is 12.5 Å². The van der Waals surface area contributed by atoms with Crippen LogP contribution in [-0.2, 0) is 14.8 Å². The van der Waals surface area contributed by atoms with Gasteiger partial charge in [0.1, 0.15) is 0 Å². The minimum atomic E-state index is -3.48. The molecule has 0 heterocycles. The zero-order valence-electron chi connectivity index (χ0n) is 8.60. The first-order chi connectivity index (χ1) is 6.90. The van der Waals surface area contributed by atoms with E-state index in [0.29, 0.717) is 0 Å². The number of nitrogens with one attached hydrogen (secondary N) is 1. The quantitative estimate of drug-likeness (QED) is 0.833. The van der Waals surface area contributed by atoms with Crippen molar-refractivity contribution in [3.63, 3.8) is 0 Å². The molecule has 1 amide bonds. The summed E-state index contributed by atoms with van der Waals surface area (Å²) in [7, 11) is -3.48. The number of carbonyl (C=O) groups is 1. The van der Waals surface area contributed by atoms with E-state index in [1.807, 2.05) is 10.8 Å². The highest BCUT2D eigenvalue weighted by molar-refractivity contribution is 7.89. The molecule has 0 unspecified atom stereocenters. The summed E-state index contributed by atoms with van der Waals surface area (Å²) in [5.74, 6) is -0.982. The van der Waals surface area contributed by atoms with Crippen LogP contribution in [0.4, 0.5) is 0 Å². The van der Waals surface area contributed by atoms with Crippen LogP contribution in [0.2, 0.25) is 0 Å². The predicted octanol–water partition coefficient (Wildman–Crippen LogP) is 0.866. The average molecular weight is 227 g/mol. The van der Waals surface area contributed by atoms with Crippen LogP contribution >= 0.6 is 0 Å². The molecule has 0 aliphatic carbocycles. The van der Waals surface area contributed by atoms with Crippen molar-refractivity contribution in [1.29, 1.82) is 0 Å². The van der Waals surface area contributed by atoms with Crippen molar-refractivity contribution >= 4 is 15.9 Å². The summed E-state index contributed by atoms with van der Waals surface area (Å²) in [5, 5.41) is 0. The molecule has 0 aliphatic rings. The molecule has 5 heteroatoms. The van der Waals surface area contributed by atoms with Gasteiger partial charge in [0.05, 0.1) is 12.2 Å². The van der Waals surface area contributed by atoms with E-state index < -0.39 is 21.8 Å². The molecular formula is C10H13NO3S. The molecule has 1 atom stereocenters. The van der Waals surface area contributed by atoms with Gasteiger partial charge in [-0.15, -0.1) is 0 Å². The number of benzene rings is 1. The van der Waals surface area contributed by atoms with Crippen LogP contribution in [0.1, 0.15) is 18.4 Å². The molecule has 0 saturated carbocycles. The van der Waals surface area contributed by atoms with Crippen LogP contribution in [0.5, 0.6) is 0 Å². The molecule has 0 radical (unpaired) electrons. The van der Waals surface area contributed by atoms with Gasteiger partial charge in [-0.1, -0.05) is 30.3 Å². The van der Waals surface area contributed by atoms with Crippen molar-refractivity contribution in [2.45, 2.75) is 12.8 Å². The summed E-state index contributed by atoms with van der Waals surface area (Å²) in [6.45, 7) is 1.66. The van der Waals surface area contributed by atoms with Crippen LogP contribution < -0.4 is 4.72 Å². The summed E-state index contributed by atoms with van der Waals surface area (Å²) in [4.78, 5) is 11.5. The molecule has 82 valence electrons. The molecule has 1 aromatic rings. The van der Waals surface area contributed by atoms with Crippen molar-refractivity contribution in [1.82, 2.24) is 4.72 Å². The molecule has 0 spiro atoms. The largest absolute Gasteiger partial charge is 0.273 e. The van der Waals surface area contributed by atoms with Crippen molar-refractivity contribution in [3.05, 3.63) is 35.9 Å². The molecular weight excluding hydrogens is 214 g/mol. The second-order valence-corrected chi connectivity index (χ2v) is 5.12. The van der Waals surface area contributed by atoms with Gasteiger partial charge in [-0.25, -0.2) is 8.42 Å². The van der Waals surface area contributed by atoms with E-state index in [-0.39, 0.29) is 0 Å². The Labute approximate surface area is 89.4 Å². The van der Waals surface area contributed by atoms with Crippen LogP contribution in [0.15, 0.2) is 30.3 Å². The highest BCUT2D eigenvalue weighted by Crippen LogP contribution is 2.14.